The maximum Gasteiger partial charge on any atom is 0.247 e. The Morgan fingerprint density at radius 3 is 2.70 bits per heavy atom. The zero-order valence-corrected chi connectivity index (χ0v) is 21.9. The summed E-state index contributed by atoms with van der Waals surface area (Å²) in [6, 6.07) is 18.9. The van der Waals surface area contributed by atoms with E-state index in [9.17, 15) is 9.59 Å². The van der Waals surface area contributed by atoms with Gasteiger partial charge in [0.15, 0.2) is 0 Å². The number of methoxy groups -OCH3 is 1. The molecule has 37 heavy (non-hydrogen) atoms. The van der Waals surface area contributed by atoms with Crippen LogP contribution in [0.15, 0.2) is 72.2 Å². The van der Waals surface area contributed by atoms with Gasteiger partial charge in [-0.1, -0.05) is 55.7 Å². The Hall–Kier alpha value is -3.58. The molecular weight excluding hydrogens is 482 g/mol. The second kappa shape index (κ2) is 11.6. The summed E-state index contributed by atoms with van der Waals surface area (Å²) >= 11 is 1.59. The first kappa shape index (κ1) is 25.1. The summed E-state index contributed by atoms with van der Waals surface area (Å²) in [6.45, 7) is 0.360. The number of carbonyl (C=O) groups excluding carboxylic acids is 2. The van der Waals surface area contributed by atoms with Crippen molar-refractivity contribution in [2.24, 2.45) is 0 Å². The van der Waals surface area contributed by atoms with Gasteiger partial charge in [-0.3, -0.25) is 9.59 Å². The number of rotatable bonds is 9. The number of benzene rings is 2. The molecule has 4 aromatic rings. The lowest BCUT2D eigenvalue weighted by molar-refractivity contribution is -0.141. The fourth-order valence-electron chi connectivity index (χ4n) is 5.25. The molecule has 1 fully saturated rings. The average molecular weight is 516 g/mol. The number of H-pyrrole nitrogens is 1. The van der Waals surface area contributed by atoms with Gasteiger partial charge >= 0.3 is 0 Å². The summed E-state index contributed by atoms with van der Waals surface area (Å²) in [7, 11) is 1.61. The molecule has 1 aliphatic rings. The van der Waals surface area contributed by atoms with E-state index in [-0.39, 0.29) is 24.3 Å². The van der Waals surface area contributed by atoms with Crippen LogP contribution in [0, 0.1) is 0 Å². The van der Waals surface area contributed by atoms with Crippen molar-refractivity contribution in [3.8, 4) is 5.75 Å². The first-order chi connectivity index (χ1) is 18.1. The van der Waals surface area contributed by atoms with Crippen LogP contribution in [0.3, 0.4) is 0 Å². The van der Waals surface area contributed by atoms with Crippen LogP contribution < -0.4 is 10.1 Å². The number of hydrogen-bond acceptors (Lipinski definition) is 4. The van der Waals surface area contributed by atoms with Crippen molar-refractivity contribution in [3.63, 3.8) is 0 Å². The highest BCUT2D eigenvalue weighted by Crippen LogP contribution is 2.30. The number of thiophene rings is 1. The number of aromatic nitrogens is 1. The van der Waals surface area contributed by atoms with Crippen LogP contribution in [0.1, 0.15) is 54.1 Å². The van der Waals surface area contributed by atoms with Crippen LogP contribution in [0.2, 0.25) is 0 Å². The van der Waals surface area contributed by atoms with Crippen molar-refractivity contribution >= 4 is 34.1 Å². The highest BCUT2D eigenvalue weighted by molar-refractivity contribution is 7.09. The van der Waals surface area contributed by atoms with Crippen molar-refractivity contribution in [3.05, 3.63) is 88.2 Å². The van der Waals surface area contributed by atoms with Gasteiger partial charge in [-0.25, -0.2) is 0 Å². The smallest absolute Gasteiger partial charge is 0.247 e. The standard InChI is InChI=1S/C30H33N3O3S/c1-36-24-12-7-9-21(17-24)29(30(35)32-23-10-3-2-4-11-23)33(20-25-13-8-16-37-25)28(34)18-22-19-31-27-15-6-5-14-26(22)27/h5-9,12-17,19,23,29,31H,2-4,10-11,18,20H2,1H3,(H,32,35)/t29-/m0/s1. The molecule has 2 aromatic carbocycles. The summed E-state index contributed by atoms with van der Waals surface area (Å²) in [6.07, 6.45) is 7.50. The van der Waals surface area contributed by atoms with Crippen LogP contribution in [0.4, 0.5) is 0 Å². The molecule has 0 aliphatic heterocycles. The molecule has 1 saturated carbocycles. The molecule has 0 radical (unpaired) electrons. The largest absolute Gasteiger partial charge is 0.497 e. The van der Waals surface area contributed by atoms with Crippen molar-refractivity contribution < 1.29 is 14.3 Å². The van der Waals surface area contributed by atoms with Crippen molar-refractivity contribution in [1.29, 1.82) is 0 Å². The summed E-state index contributed by atoms with van der Waals surface area (Å²) in [4.78, 5) is 34.0. The molecule has 6 nitrogen and oxygen atoms in total. The van der Waals surface area contributed by atoms with E-state index in [1.807, 2.05) is 72.2 Å². The molecule has 0 bridgehead atoms. The van der Waals surface area contributed by atoms with E-state index in [4.69, 9.17) is 4.74 Å². The fourth-order valence-corrected chi connectivity index (χ4v) is 5.95. The van der Waals surface area contributed by atoms with E-state index in [1.165, 1.54) is 6.42 Å². The lowest BCUT2D eigenvalue weighted by Crippen LogP contribution is -2.47. The predicted molar refractivity (Wildman–Crippen MR) is 148 cm³/mol. The average Bonchev–Trinajstić information content (AvgIpc) is 3.59. The first-order valence-electron chi connectivity index (χ1n) is 12.9. The molecule has 2 N–H and O–H groups in total. The van der Waals surface area contributed by atoms with Gasteiger partial charge in [0, 0.05) is 28.0 Å². The van der Waals surface area contributed by atoms with Crippen molar-refractivity contribution in [1.82, 2.24) is 15.2 Å². The van der Waals surface area contributed by atoms with Gasteiger partial charge < -0.3 is 19.9 Å². The minimum atomic E-state index is -0.767. The van der Waals surface area contributed by atoms with E-state index in [0.717, 1.165) is 52.6 Å². The lowest BCUT2D eigenvalue weighted by atomic mass is 9.94. The Balaban J connectivity index is 1.51. The molecule has 5 rings (SSSR count). The van der Waals surface area contributed by atoms with Gasteiger partial charge in [0.1, 0.15) is 11.8 Å². The molecule has 192 valence electrons. The Labute approximate surface area is 221 Å². The van der Waals surface area contributed by atoms with E-state index >= 15 is 0 Å². The summed E-state index contributed by atoms with van der Waals surface area (Å²) in [5, 5.41) is 6.31. The monoisotopic (exact) mass is 515 g/mol. The third-order valence-electron chi connectivity index (χ3n) is 7.16. The van der Waals surface area contributed by atoms with E-state index in [0.29, 0.717) is 12.3 Å². The highest BCUT2D eigenvalue weighted by Gasteiger charge is 2.33. The molecule has 0 unspecified atom stereocenters. The summed E-state index contributed by atoms with van der Waals surface area (Å²) in [5.41, 5.74) is 2.67. The maximum atomic E-state index is 14.1. The number of amides is 2. The Kier molecular flexibility index (Phi) is 7.90. The summed E-state index contributed by atoms with van der Waals surface area (Å²) < 4.78 is 5.48. The van der Waals surface area contributed by atoms with Crippen LogP contribution in [-0.2, 0) is 22.6 Å². The van der Waals surface area contributed by atoms with Gasteiger partial charge in [-0.2, -0.15) is 0 Å². The topological polar surface area (TPSA) is 74.4 Å². The zero-order valence-electron chi connectivity index (χ0n) is 21.1. The molecular formula is C30H33N3O3S. The first-order valence-corrected chi connectivity index (χ1v) is 13.8. The summed E-state index contributed by atoms with van der Waals surface area (Å²) in [5.74, 6) is 0.432. The third-order valence-corrected chi connectivity index (χ3v) is 8.03. The van der Waals surface area contributed by atoms with Crippen LogP contribution >= 0.6 is 11.3 Å². The van der Waals surface area contributed by atoms with Crippen molar-refractivity contribution in [2.45, 2.75) is 57.2 Å². The van der Waals surface area contributed by atoms with E-state index < -0.39 is 6.04 Å². The quantitative estimate of drug-likeness (QED) is 0.287. The highest BCUT2D eigenvalue weighted by atomic mass is 32.1. The number of aromatic amines is 1. The number of nitrogens with one attached hydrogen (secondary N) is 2. The second-order valence-corrected chi connectivity index (χ2v) is 10.7. The molecule has 7 heteroatoms. The lowest BCUT2D eigenvalue weighted by Gasteiger charge is -2.33. The van der Waals surface area contributed by atoms with Crippen LogP contribution in [0.5, 0.6) is 5.75 Å². The molecule has 1 atom stereocenters. The molecule has 2 amide bonds. The number of fused-ring (bicyclic) bond motifs is 1. The SMILES string of the molecule is COc1cccc([C@@H](C(=O)NC2CCCCC2)N(Cc2cccs2)C(=O)Cc2c[nH]c3ccccc23)c1. The number of carbonyl (C=O) groups is 2. The molecule has 2 aromatic heterocycles. The van der Waals surface area contributed by atoms with E-state index in [2.05, 4.69) is 10.3 Å². The Morgan fingerprint density at radius 1 is 1.08 bits per heavy atom. The predicted octanol–water partition coefficient (Wildman–Crippen LogP) is 6.00. The van der Waals surface area contributed by atoms with Gasteiger partial charge in [0.25, 0.3) is 0 Å². The Morgan fingerprint density at radius 2 is 1.92 bits per heavy atom. The van der Waals surface area contributed by atoms with Crippen molar-refractivity contribution in [2.75, 3.05) is 7.11 Å². The number of nitrogens with zero attached hydrogens (tertiary/aromatic N) is 1. The fraction of sp³-hybridized carbons (Fsp3) is 0.333. The second-order valence-electron chi connectivity index (χ2n) is 9.66. The van der Waals surface area contributed by atoms with Gasteiger partial charge in [-0.15, -0.1) is 11.3 Å². The molecule has 0 spiro atoms. The zero-order chi connectivity index (χ0) is 25.6. The van der Waals surface area contributed by atoms with Crippen LogP contribution in [-0.4, -0.2) is 34.8 Å². The maximum absolute atomic E-state index is 14.1. The normalized spacial score (nSPS) is 14.8. The number of hydrogen-bond donors (Lipinski definition) is 2. The van der Waals surface area contributed by atoms with Crippen LogP contribution in [0.25, 0.3) is 10.9 Å². The van der Waals surface area contributed by atoms with Gasteiger partial charge in [0.05, 0.1) is 20.1 Å². The minimum Gasteiger partial charge on any atom is -0.497 e. The minimum absolute atomic E-state index is 0.0928. The number of para-hydroxylation sites is 1. The number of ether oxygens (including phenoxy) is 1. The molecule has 0 saturated heterocycles. The third kappa shape index (κ3) is 5.88. The van der Waals surface area contributed by atoms with Gasteiger partial charge in [-0.05, 0) is 53.6 Å². The van der Waals surface area contributed by atoms with Gasteiger partial charge in [0.2, 0.25) is 11.8 Å². The van der Waals surface area contributed by atoms with E-state index in [1.54, 1.807) is 23.3 Å². The molecule has 1 aliphatic carbocycles. The molecule has 2 heterocycles. The Bertz CT molecular complexity index is 1340.